The Morgan fingerprint density at radius 3 is 2.76 bits per heavy atom. The third-order valence-electron chi connectivity index (χ3n) is 2.75. The smallest absolute Gasteiger partial charge is 0.378 e. The summed E-state index contributed by atoms with van der Waals surface area (Å²) in [5.41, 5.74) is -0.324. The topological polar surface area (TPSA) is 127 Å². The largest absolute Gasteiger partial charge is 0.543 e. The van der Waals surface area contributed by atoms with Crippen LogP contribution in [0, 0.1) is 10.1 Å². The van der Waals surface area contributed by atoms with Crippen molar-refractivity contribution in [2.75, 3.05) is 6.16 Å². The summed E-state index contributed by atoms with van der Waals surface area (Å²) in [4.78, 5) is 30.6. The van der Waals surface area contributed by atoms with Gasteiger partial charge in [-0.2, -0.15) is 0 Å². The molecule has 21 heavy (non-hydrogen) atoms. The quantitative estimate of drug-likeness (QED) is 0.336. The molecule has 112 valence electrons. The fraction of sp³-hybridized carbons (Fsp3) is 0.364. The Hall–Kier alpha value is -1.70. The first kappa shape index (κ1) is 17.4. The highest BCUT2D eigenvalue weighted by molar-refractivity contribution is 7.58. The second kappa shape index (κ2) is 7.35. The molecule has 2 radical (unpaired) electrons. The van der Waals surface area contributed by atoms with Gasteiger partial charge in [0.15, 0.2) is 5.85 Å². The molecule has 0 aromatic heterocycles. The first-order valence-electron chi connectivity index (χ1n) is 5.91. The molecule has 2 atom stereocenters. The second-order valence-corrected chi connectivity index (χ2v) is 6.75. The van der Waals surface area contributed by atoms with Crippen molar-refractivity contribution >= 4 is 27.1 Å². The fourth-order valence-corrected chi connectivity index (χ4v) is 3.15. The van der Waals surface area contributed by atoms with E-state index < -0.39 is 24.1 Å². The number of carbonyl (C=O) groups is 1. The van der Waals surface area contributed by atoms with Crippen LogP contribution in [0.4, 0.5) is 5.69 Å². The van der Waals surface area contributed by atoms with Gasteiger partial charge in [-0.05, 0) is 12.0 Å². The summed E-state index contributed by atoms with van der Waals surface area (Å²) >= 11 is 0. The Balaban J connectivity index is 2.78. The van der Waals surface area contributed by atoms with E-state index in [0.717, 1.165) is 6.07 Å². The van der Waals surface area contributed by atoms with Crippen molar-refractivity contribution in [3.05, 3.63) is 39.9 Å². The molecule has 0 fully saturated rings. The zero-order chi connectivity index (χ0) is 16.0. The van der Waals surface area contributed by atoms with E-state index in [9.17, 15) is 29.5 Å². The Morgan fingerprint density at radius 2 is 2.19 bits per heavy atom. The number of nitrogens with zero attached hydrogens (tertiary/aromatic N) is 1. The van der Waals surface area contributed by atoms with Crippen LogP contribution in [0.2, 0.25) is 0 Å². The molecule has 1 aromatic carbocycles. The van der Waals surface area contributed by atoms with Gasteiger partial charge in [-0.3, -0.25) is 19.5 Å². The van der Waals surface area contributed by atoms with E-state index in [0.29, 0.717) is 0 Å². The van der Waals surface area contributed by atoms with Gasteiger partial charge in [-0.25, -0.2) is 0 Å². The van der Waals surface area contributed by atoms with Crippen molar-refractivity contribution in [2.24, 2.45) is 0 Å². The van der Waals surface area contributed by atoms with Gasteiger partial charge in [0, 0.05) is 24.7 Å². The lowest BCUT2D eigenvalue weighted by Crippen LogP contribution is -2.06. The van der Waals surface area contributed by atoms with E-state index in [-0.39, 0.29) is 30.3 Å². The first-order valence-corrected chi connectivity index (χ1v) is 7.83. The molecule has 8 nitrogen and oxygen atoms in total. The maximum absolute atomic E-state index is 12.0. The fourth-order valence-electron chi connectivity index (χ4n) is 1.66. The molecular formula is C11H13BNO7P. The Kier molecular flexibility index (Phi) is 6.08. The SMILES string of the molecule is [B]OC(=O)CCCP(=O)(O)C(O)c1cccc([N+](=O)[O-])c1. The molecule has 0 saturated carbocycles. The van der Waals surface area contributed by atoms with Crippen LogP contribution in [-0.2, 0) is 14.0 Å². The van der Waals surface area contributed by atoms with E-state index in [4.69, 9.17) is 0 Å². The van der Waals surface area contributed by atoms with Crippen LogP contribution in [0.1, 0.15) is 24.3 Å². The third-order valence-corrected chi connectivity index (χ3v) is 4.77. The van der Waals surface area contributed by atoms with Crippen molar-refractivity contribution in [3.63, 3.8) is 0 Å². The van der Waals surface area contributed by atoms with Gasteiger partial charge in [0.05, 0.1) is 4.92 Å². The monoisotopic (exact) mass is 313 g/mol. The summed E-state index contributed by atoms with van der Waals surface area (Å²) in [6.45, 7) is 0. The number of benzene rings is 1. The van der Waals surface area contributed by atoms with Gasteiger partial charge in [0.2, 0.25) is 7.37 Å². The summed E-state index contributed by atoms with van der Waals surface area (Å²) in [6, 6.07) is 4.86. The predicted octanol–water partition coefficient (Wildman–Crippen LogP) is 1.26. The zero-order valence-corrected chi connectivity index (χ0v) is 11.8. The summed E-state index contributed by atoms with van der Waals surface area (Å²) in [6.07, 6.45) is -0.509. The zero-order valence-electron chi connectivity index (χ0n) is 10.9. The van der Waals surface area contributed by atoms with Crippen LogP contribution in [0.25, 0.3) is 0 Å². The lowest BCUT2D eigenvalue weighted by atomic mass is 10.2. The number of aliphatic hydroxyl groups excluding tert-OH is 1. The number of nitro groups is 1. The molecule has 1 aromatic rings. The Morgan fingerprint density at radius 1 is 1.52 bits per heavy atom. The molecule has 2 unspecified atom stereocenters. The van der Waals surface area contributed by atoms with Crippen LogP contribution in [0.3, 0.4) is 0 Å². The van der Waals surface area contributed by atoms with E-state index in [1.807, 2.05) is 0 Å². The highest BCUT2D eigenvalue weighted by Crippen LogP contribution is 2.54. The molecular weight excluding hydrogens is 300 g/mol. The number of hydrogen-bond acceptors (Lipinski definition) is 6. The van der Waals surface area contributed by atoms with E-state index >= 15 is 0 Å². The van der Waals surface area contributed by atoms with Crippen molar-refractivity contribution in [1.82, 2.24) is 0 Å². The van der Waals surface area contributed by atoms with Crippen molar-refractivity contribution in [3.8, 4) is 0 Å². The molecule has 0 aliphatic rings. The second-order valence-electron chi connectivity index (χ2n) is 4.30. The predicted molar refractivity (Wildman–Crippen MR) is 73.8 cm³/mol. The van der Waals surface area contributed by atoms with Crippen LogP contribution >= 0.6 is 7.37 Å². The Bertz CT molecular complexity index is 579. The maximum atomic E-state index is 12.0. The number of hydrogen-bond donors (Lipinski definition) is 2. The summed E-state index contributed by atoms with van der Waals surface area (Å²) < 4.78 is 15.9. The highest BCUT2D eigenvalue weighted by Gasteiger charge is 2.31. The van der Waals surface area contributed by atoms with E-state index in [1.165, 1.54) is 18.2 Å². The van der Waals surface area contributed by atoms with Crippen LogP contribution in [0.15, 0.2) is 24.3 Å². The Labute approximate surface area is 121 Å². The first-order chi connectivity index (χ1) is 9.77. The molecule has 0 bridgehead atoms. The average Bonchev–Trinajstić information content (AvgIpc) is 2.46. The van der Waals surface area contributed by atoms with Crippen molar-refractivity contribution < 1.29 is 28.9 Å². The van der Waals surface area contributed by atoms with Gasteiger partial charge in [-0.15, -0.1) is 0 Å². The van der Waals surface area contributed by atoms with E-state index in [2.05, 4.69) is 12.7 Å². The normalized spacial score (nSPS) is 15.0. The molecule has 0 aliphatic carbocycles. The van der Waals surface area contributed by atoms with Crippen LogP contribution < -0.4 is 0 Å². The highest BCUT2D eigenvalue weighted by atomic mass is 31.2. The lowest BCUT2D eigenvalue weighted by molar-refractivity contribution is -0.384. The maximum Gasteiger partial charge on any atom is 0.378 e. The molecule has 0 aliphatic heterocycles. The number of nitro benzene ring substituents is 1. The minimum atomic E-state index is -4.04. The average molecular weight is 313 g/mol. The number of carbonyl (C=O) groups excluding carboxylic acids is 1. The molecule has 10 heteroatoms. The van der Waals surface area contributed by atoms with Crippen LogP contribution in [0.5, 0.6) is 0 Å². The number of rotatable bonds is 7. The molecule has 1 rings (SSSR count). The van der Waals surface area contributed by atoms with Gasteiger partial charge in [0.1, 0.15) is 0 Å². The summed E-state index contributed by atoms with van der Waals surface area (Å²) in [5.74, 6) is -2.49. The molecule has 0 heterocycles. The molecule has 2 N–H and O–H groups in total. The summed E-state index contributed by atoms with van der Waals surface area (Å²) in [5, 5.41) is 20.5. The molecule has 0 spiro atoms. The number of aliphatic hydroxyl groups is 1. The minimum absolute atomic E-state index is 0.00417. The number of non-ortho nitro benzene ring substituents is 1. The molecule has 0 amide bonds. The van der Waals surface area contributed by atoms with Crippen LogP contribution in [-0.4, -0.2) is 35.1 Å². The van der Waals surface area contributed by atoms with Gasteiger partial charge in [-0.1, -0.05) is 12.1 Å². The van der Waals surface area contributed by atoms with Gasteiger partial charge < -0.3 is 14.7 Å². The minimum Gasteiger partial charge on any atom is -0.543 e. The van der Waals surface area contributed by atoms with Crippen molar-refractivity contribution in [2.45, 2.75) is 18.7 Å². The third kappa shape index (κ3) is 4.97. The summed E-state index contributed by atoms with van der Waals surface area (Å²) in [7, 11) is 0.585. The van der Waals surface area contributed by atoms with Crippen molar-refractivity contribution in [1.29, 1.82) is 0 Å². The van der Waals surface area contributed by atoms with Gasteiger partial charge >= 0.3 is 8.05 Å². The van der Waals surface area contributed by atoms with Gasteiger partial charge in [0.25, 0.3) is 11.7 Å². The van der Waals surface area contributed by atoms with E-state index in [1.54, 1.807) is 0 Å². The molecule has 0 saturated heterocycles. The lowest BCUT2D eigenvalue weighted by Gasteiger charge is -2.18. The standard InChI is InChI=1S/C11H13BNO7P/c12-20-10(14)5-2-6-21(18,19)11(15)8-3-1-4-9(7-8)13(16)17/h1,3-4,7,11,15H,2,5-6H2,(H,18,19).